The molecular formula is C13H15N3O7. The van der Waals surface area contributed by atoms with Gasteiger partial charge in [0.05, 0.1) is 19.2 Å². The minimum Gasteiger partial charge on any atom is -0.481 e. The first-order valence-electron chi connectivity index (χ1n) is 6.38. The Balaban J connectivity index is 2.74. The summed E-state index contributed by atoms with van der Waals surface area (Å²) in [7, 11) is 1.13. The van der Waals surface area contributed by atoms with Crippen LogP contribution < -0.4 is 10.6 Å². The molecule has 4 N–H and O–H groups in total. The topological polar surface area (TPSA) is 155 Å². The van der Waals surface area contributed by atoms with E-state index in [4.69, 9.17) is 5.11 Å². The SMILES string of the molecule is COC(=O)CNC(=O)[C@H](CC(=O)O)NC(=O)c1ccc(C=O)[nH]1. The number of carbonyl (C=O) groups excluding carboxylic acids is 4. The van der Waals surface area contributed by atoms with Crippen molar-refractivity contribution in [3.05, 3.63) is 23.5 Å². The molecule has 1 rings (SSSR count). The van der Waals surface area contributed by atoms with Crippen LogP contribution in [0.25, 0.3) is 0 Å². The predicted molar refractivity (Wildman–Crippen MR) is 74.7 cm³/mol. The summed E-state index contributed by atoms with van der Waals surface area (Å²) in [5.41, 5.74) is 0.142. The number of carboxylic acid groups (broad SMARTS) is 1. The summed E-state index contributed by atoms with van der Waals surface area (Å²) < 4.78 is 4.33. The number of aldehydes is 1. The molecular weight excluding hydrogens is 310 g/mol. The number of aromatic nitrogens is 1. The Morgan fingerprint density at radius 3 is 2.57 bits per heavy atom. The van der Waals surface area contributed by atoms with Gasteiger partial charge in [-0.25, -0.2) is 0 Å². The van der Waals surface area contributed by atoms with Crippen molar-refractivity contribution in [3.63, 3.8) is 0 Å². The molecule has 0 bridgehead atoms. The third-order valence-corrected chi connectivity index (χ3v) is 2.72. The highest BCUT2D eigenvalue weighted by Gasteiger charge is 2.25. The Kier molecular flexibility index (Phi) is 6.46. The molecule has 0 aliphatic carbocycles. The average Bonchev–Trinajstić information content (AvgIpc) is 3.00. The van der Waals surface area contributed by atoms with E-state index in [1.165, 1.54) is 12.1 Å². The van der Waals surface area contributed by atoms with Crippen LogP contribution >= 0.6 is 0 Å². The number of H-pyrrole nitrogens is 1. The Morgan fingerprint density at radius 1 is 1.35 bits per heavy atom. The number of methoxy groups -OCH3 is 1. The van der Waals surface area contributed by atoms with Crippen molar-refractivity contribution in [2.45, 2.75) is 12.5 Å². The second-order valence-corrected chi connectivity index (χ2v) is 4.36. The van der Waals surface area contributed by atoms with Crippen LogP contribution in [0.4, 0.5) is 0 Å². The quantitative estimate of drug-likeness (QED) is 0.341. The van der Waals surface area contributed by atoms with Gasteiger partial charge in [0.2, 0.25) is 5.91 Å². The number of amides is 2. The molecule has 0 saturated carbocycles. The molecule has 0 saturated heterocycles. The fourth-order valence-electron chi connectivity index (χ4n) is 1.59. The maximum Gasteiger partial charge on any atom is 0.325 e. The zero-order valence-corrected chi connectivity index (χ0v) is 12.1. The minimum absolute atomic E-state index is 0.0109. The van der Waals surface area contributed by atoms with E-state index in [1.54, 1.807) is 0 Å². The van der Waals surface area contributed by atoms with Crippen LogP contribution in [0.15, 0.2) is 12.1 Å². The zero-order valence-electron chi connectivity index (χ0n) is 12.1. The Bertz CT molecular complexity index is 623. The molecule has 10 heteroatoms. The van der Waals surface area contributed by atoms with Crippen molar-refractivity contribution in [3.8, 4) is 0 Å². The molecule has 0 radical (unpaired) electrons. The molecule has 0 fully saturated rings. The number of aliphatic carboxylic acids is 1. The Labute approximate surface area is 130 Å². The number of ether oxygens (including phenoxy) is 1. The number of nitrogens with one attached hydrogen (secondary N) is 3. The van der Waals surface area contributed by atoms with Crippen LogP contribution in [0.1, 0.15) is 27.4 Å². The molecule has 1 aromatic heterocycles. The maximum absolute atomic E-state index is 11.9. The summed E-state index contributed by atoms with van der Waals surface area (Å²) in [6.45, 7) is -0.459. The fourth-order valence-corrected chi connectivity index (χ4v) is 1.59. The smallest absolute Gasteiger partial charge is 0.325 e. The van der Waals surface area contributed by atoms with E-state index in [-0.39, 0.29) is 11.4 Å². The molecule has 1 aromatic rings. The molecule has 23 heavy (non-hydrogen) atoms. The first-order chi connectivity index (χ1) is 10.9. The summed E-state index contributed by atoms with van der Waals surface area (Å²) in [6.07, 6.45) is -0.186. The van der Waals surface area contributed by atoms with E-state index in [0.717, 1.165) is 7.11 Å². The van der Waals surface area contributed by atoms with Crippen molar-refractivity contribution in [1.29, 1.82) is 0 Å². The summed E-state index contributed by atoms with van der Waals surface area (Å²) in [5.74, 6) is -3.66. The second-order valence-electron chi connectivity index (χ2n) is 4.36. The molecule has 10 nitrogen and oxygen atoms in total. The van der Waals surface area contributed by atoms with Gasteiger partial charge in [-0.2, -0.15) is 0 Å². The van der Waals surface area contributed by atoms with E-state index in [9.17, 15) is 24.0 Å². The molecule has 0 aromatic carbocycles. The highest BCUT2D eigenvalue weighted by Crippen LogP contribution is 2.02. The number of aromatic amines is 1. The van der Waals surface area contributed by atoms with Crippen LogP contribution in [-0.2, 0) is 19.1 Å². The van der Waals surface area contributed by atoms with E-state index in [1.807, 2.05) is 0 Å². The summed E-state index contributed by atoms with van der Waals surface area (Å²) in [5, 5.41) is 13.2. The lowest BCUT2D eigenvalue weighted by molar-refractivity contribution is -0.142. The van der Waals surface area contributed by atoms with Gasteiger partial charge in [0.25, 0.3) is 5.91 Å². The average molecular weight is 325 g/mol. The largest absolute Gasteiger partial charge is 0.481 e. The molecule has 1 heterocycles. The number of hydrogen-bond acceptors (Lipinski definition) is 6. The van der Waals surface area contributed by atoms with Crippen molar-refractivity contribution >= 4 is 30.0 Å². The molecule has 0 unspecified atom stereocenters. The van der Waals surface area contributed by atoms with Crippen LogP contribution in [0.5, 0.6) is 0 Å². The number of hydrogen-bond donors (Lipinski definition) is 4. The van der Waals surface area contributed by atoms with Crippen molar-refractivity contribution in [1.82, 2.24) is 15.6 Å². The number of rotatable bonds is 8. The van der Waals surface area contributed by atoms with Gasteiger partial charge in [-0.3, -0.25) is 24.0 Å². The highest BCUT2D eigenvalue weighted by molar-refractivity contribution is 5.98. The Morgan fingerprint density at radius 2 is 2.04 bits per heavy atom. The van der Waals surface area contributed by atoms with Crippen molar-refractivity contribution in [2.24, 2.45) is 0 Å². The van der Waals surface area contributed by atoms with Gasteiger partial charge in [-0.05, 0) is 12.1 Å². The molecule has 2 amide bonds. The van der Waals surface area contributed by atoms with Gasteiger partial charge in [-0.15, -0.1) is 0 Å². The van der Waals surface area contributed by atoms with Crippen LogP contribution in [0.3, 0.4) is 0 Å². The number of carbonyl (C=O) groups is 5. The lowest BCUT2D eigenvalue weighted by Gasteiger charge is -2.16. The molecule has 0 aliphatic rings. The van der Waals surface area contributed by atoms with E-state index in [0.29, 0.717) is 6.29 Å². The molecule has 0 aliphatic heterocycles. The maximum atomic E-state index is 11.9. The lowest BCUT2D eigenvalue weighted by atomic mass is 10.2. The monoisotopic (exact) mass is 325 g/mol. The van der Waals surface area contributed by atoms with E-state index < -0.39 is 42.8 Å². The van der Waals surface area contributed by atoms with E-state index in [2.05, 4.69) is 20.4 Å². The third kappa shape index (κ3) is 5.61. The van der Waals surface area contributed by atoms with Crippen molar-refractivity contribution in [2.75, 3.05) is 13.7 Å². The predicted octanol–water partition coefficient (Wildman–Crippen LogP) is -1.31. The van der Waals surface area contributed by atoms with Gasteiger partial charge in [0, 0.05) is 0 Å². The molecule has 1 atom stereocenters. The summed E-state index contributed by atoms with van der Waals surface area (Å²) >= 11 is 0. The fraction of sp³-hybridized carbons (Fsp3) is 0.308. The first kappa shape index (κ1) is 17.9. The lowest BCUT2D eigenvalue weighted by Crippen LogP contribution is -2.49. The number of esters is 1. The zero-order chi connectivity index (χ0) is 17.4. The summed E-state index contributed by atoms with van der Waals surface area (Å²) in [6, 6.07) is 1.27. The van der Waals surface area contributed by atoms with Crippen LogP contribution in [0, 0.1) is 0 Å². The van der Waals surface area contributed by atoms with E-state index >= 15 is 0 Å². The standard InChI is InChI=1S/C13H15N3O7/c1-23-11(20)5-14-12(21)9(4-10(18)19)16-13(22)8-3-2-7(6-17)15-8/h2-3,6,9,15H,4-5H2,1H3,(H,14,21)(H,16,22)(H,18,19)/t9-/m0/s1. The second kappa shape index (κ2) is 8.32. The van der Waals surface area contributed by atoms with Gasteiger partial charge in [-0.1, -0.05) is 0 Å². The minimum atomic E-state index is -1.40. The van der Waals surface area contributed by atoms with Gasteiger partial charge < -0.3 is 25.5 Å². The van der Waals surface area contributed by atoms with Gasteiger partial charge >= 0.3 is 11.9 Å². The van der Waals surface area contributed by atoms with Crippen molar-refractivity contribution < 1.29 is 33.8 Å². The van der Waals surface area contributed by atoms with Gasteiger partial charge in [0.1, 0.15) is 18.3 Å². The molecule has 0 spiro atoms. The first-order valence-corrected chi connectivity index (χ1v) is 6.38. The van der Waals surface area contributed by atoms with Gasteiger partial charge in [0.15, 0.2) is 6.29 Å². The van der Waals surface area contributed by atoms with Crippen LogP contribution in [0.2, 0.25) is 0 Å². The van der Waals surface area contributed by atoms with Crippen LogP contribution in [-0.4, -0.2) is 59.8 Å². The highest BCUT2D eigenvalue weighted by atomic mass is 16.5. The Hall–Kier alpha value is -3.17. The number of carboxylic acids is 1. The summed E-state index contributed by atoms with van der Waals surface area (Å²) in [4.78, 5) is 58.6. The molecule has 124 valence electrons. The third-order valence-electron chi connectivity index (χ3n) is 2.72. The normalized spacial score (nSPS) is 11.2.